The molecule has 1 saturated heterocycles. The molecule has 2 rings (SSSR count). The fourth-order valence-corrected chi connectivity index (χ4v) is 2.67. The Kier molecular flexibility index (Phi) is 6.27. The zero-order chi connectivity index (χ0) is 15.9. The van der Waals surface area contributed by atoms with Crippen LogP contribution >= 0.6 is 0 Å². The van der Waals surface area contributed by atoms with Crippen molar-refractivity contribution in [1.29, 1.82) is 0 Å². The van der Waals surface area contributed by atoms with Gasteiger partial charge in [0, 0.05) is 12.6 Å². The molecule has 22 heavy (non-hydrogen) atoms. The molecular formula is C16H27N3O3. The van der Waals surface area contributed by atoms with Gasteiger partial charge in [0.1, 0.15) is 11.9 Å². The molecule has 3 N–H and O–H groups in total. The average molecular weight is 309 g/mol. The highest BCUT2D eigenvalue weighted by Crippen LogP contribution is 2.17. The number of aliphatic hydroxyl groups is 1. The van der Waals surface area contributed by atoms with Crippen molar-refractivity contribution in [3.8, 4) is 0 Å². The molecule has 0 saturated carbocycles. The molecule has 0 radical (unpaired) electrons. The molecule has 1 fully saturated rings. The van der Waals surface area contributed by atoms with Crippen molar-refractivity contribution in [3.05, 3.63) is 24.2 Å². The number of hydrogen-bond acceptors (Lipinski definition) is 4. The number of nitrogens with one attached hydrogen (secondary N) is 2. The lowest BCUT2D eigenvalue weighted by Gasteiger charge is -2.35. The fraction of sp³-hybridized carbons (Fsp3) is 0.688. The van der Waals surface area contributed by atoms with Crippen LogP contribution in [0.1, 0.15) is 38.6 Å². The Balaban J connectivity index is 1.63. The topological polar surface area (TPSA) is 77.7 Å². The average Bonchev–Trinajstić information content (AvgIpc) is 3.05. The standard InChI is InChI=1S/C16H27N3O3/c1-12-5-7-19(8-6-12)13(2)10-17-16(21)18-11-14(20)15-4-3-9-22-15/h3-4,9,12-14,20H,5-8,10-11H2,1-2H3,(H2,17,18,21). The molecule has 2 heterocycles. The van der Waals surface area contributed by atoms with Gasteiger partial charge in [-0.15, -0.1) is 0 Å². The first kappa shape index (κ1) is 16.8. The van der Waals surface area contributed by atoms with E-state index in [2.05, 4.69) is 29.4 Å². The largest absolute Gasteiger partial charge is 0.467 e. The minimum atomic E-state index is -0.818. The van der Waals surface area contributed by atoms with Gasteiger partial charge in [0.15, 0.2) is 0 Å². The first-order chi connectivity index (χ1) is 10.6. The second-order valence-corrected chi connectivity index (χ2v) is 6.19. The number of piperidine rings is 1. The molecule has 2 unspecified atom stereocenters. The Morgan fingerprint density at radius 2 is 2.09 bits per heavy atom. The van der Waals surface area contributed by atoms with E-state index >= 15 is 0 Å². The number of urea groups is 1. The third kappa shape index (κ3) is 5.03. The summed E-state index contributed by atoms with van der Waals surface area (Å²) < 4.78 is 5.09. The van der Waals surface area contributed by atoms with E-state index in [1.807, 2.05) is 0 Å². The van der Waals surface area contributed by atoms with Gasteiger partial charge in [-0.05, 0) is 50.9 Å². The van der Waals surface area contributed by atoms with Crippen LogP contribution in [0.3, 0.4) is 0 Å². The van der Waals surface area contributed by atoms with Crippen molar-refractivity contribution in [2.75, 3.05) is 26.2 Å². The molecule has 1 aliphatic heterocycles. The summed E-state index contributed by atoms with van der Waals surface area (Å²) in [5.74, 6) is 1.26. The second kappa shape index (κ2) is 8.19. The number of carbonyl (C=O) groups excluding carboxylic acids is 1. The maximum atomic E-state index is 11.8. The number of rotatable bonds is 6. The molecule has 6 nitrogen and oxygen atoms in total. The number of carbonyl (C=O) groups is 1. The summed E-state index contributed by atoms with van der Waals surface area (Å²) in [7, 11) is 0. The zero-order valence-corrected chi connectivity index (χ0v) is 13.4. The summed E-state index contributed by atoms with van der Waals surface area (Å²) >= 11 is 0. The molecule has 0 aliphatic carbocycles. The molecule has 2 amide bonds. The van der Waals surface area contributed by atoms with E-state index in [4.69, 9.17) is 4.42 Å². The Hall–Kier alpha value is -1.53. The second-order valence-electron chi connectivity index (χ2n) is 6.19. The van der Waals surface area contributed by atoms with Crippen LogP contribution in [0.5, 0.6) is 0 Å². The third-order valence-corrected chi connectivity index (χ3v) is 4.33. The van der Waals surface area contributed by atoms with Gasteiger partial charge >= 0.3 is 6.03 Å². The minimum absolute atomic E-state index is 0.134. The third-order valence-electron chi connectivity index (χ3n) is 4.33. The maximum Gasteiger partial charge on any atom is 0.314 e. The Bertz CT molecular complexity index is 441. The smallest absolute Gasteiger partial charge is 0.314 e. The zero-order valence-electron chi connectivity index (χ0n) is 13.4. The highest BCUT2D eigenvalue weighted by atomic mass is 16.4. The Labute approximate surface area is 131 Å². The van der Waals surface area contributed by atoms with E-state index in [0.29, 0.717) is 18.3 Å². The predicted molar refractivity (Wildman–Crippen MR) is 84.5 cm³/mol. The van der Waals surface area contributed by atoms with Crippen LogP contribution in [0.15, 0.2) is 22.8 Å². The lowest BCUT2D eigenvalue weighted by Crippen LogP contribution is -2.47. The van der Waals surface area contributed by atoms with E-state index in [9.17, 15) is 9.90 Å². The summed E-state index contributed by atoms with van der Waals surface area (Å²) in [6.07, 6.45) is 3.14. The van der Waals surface area contributed by atoms with Crippen LogP contribution in [0, 0.1) is 5.92 Å². The summed E-state index contributed by atoms with van der Waals surface area (Å²) in [5, 5.41) is 15.3. The molecule has 1 aliphatic rings. The Morgan fingerprint density at radius 3 is 2.73 bits per heavy atom. The van der Waals surface area contributed by atoms with Crippen molar-refractivity contribution in [1.82, 2.24) is 15.5 Å². The lowest BCUT2D eigenvalue weighted by molar-refractivity contribution is 0.141. The Morgan fingerprint density at radius 1 is 1.41 bits per heavy atom. The molecular weight excluding hydrogens is 282 g/mol. The van der Waals surface area contributed by atoms with E-state index in [1.165, 1.54) is 19.1 Å². The molecule has 1 aromatic heterocycles. The van der Waals surface area contributed by atoms with E-state index in [-0.39, 0.29) is 12.6 Å². The van der Waals surface area contributed by atoms with Gasteiger partial charge < -0.3 is 20.2 Å². The molecule has 6 heteroatoms. The number of amides is 2. The van der Waals surface area contributed by atoms with Crippen molar-refractivity contribution in [2.24, 2.45) is 5.92 Å². The first-order valence-corrected chi connectivity index (χ1v) is 8.03. The van der Waals surface area contributed by atoms with E-state index in [1.54, 1.807) is 12.1 Å². The van der Waals surface area contributed by atoms with Crippen molar-refractivity contribution >= 4 is 6.03 Å². The molecule has 124 valence electrons. The van der Waals surface area contributed by atoms with Crippen LogP contribution in [0.4, 0.5) is 4.79 Å². The van der Waals surface area contributed by atoms with Crippen LogP contribution in [-0.4, -0.2) is 48.3 Å². The van der Waals surface area contributed by atoms with Gasteiger partial charge in [-0.1, -0.05) is 6.92 Å². The fourth-order valence-electron chi connectivity index (χ4n) is 2.67. The van der Waals surface area contributed by atoms with Gasteiger partial charge in [-0.25, -0.2) is 4.79 Å². The minimum Gasteiger partial charge on any atom is -0.467 e. The van der Waals surface area contributed by atoms with Crippen molar-refractivity contribution in [2.45, 2.75) is 38.8 Å². The van der Waals surface area contributed by atoms with Gasteiger partial charge in [0.2, 0.25) is 0 Å². The number of nitrogens with zero attached hydrogens (tertiary/aromatic N) is 1. The molecule has 0 bridgehead atoms. The molecule has 0 aromatic carbocycles. The van der Waals surface area contributed by atoms with Gasteiger partial charge in [-0.3, -0.25) is 4.90 Å². The van der Waals surface area contributed by atoms with Crippen LogP contribution in [-0.2, 0) is 0 Å². The number of hydrogen-bond donors (Lipinski definition) is 3. The number of aliphatic hydroxyl groups excluding tert-OH is 1. The monoisotopic (exact) mass is 309 g/mol. The summed E-state index contributed by atoms with van der Waals surface area (Å²) in [5.41, 5.74) is 0. The first-order valence-electron chi connectivity index (χ1n) is 8.03. The molecule has 0 spiro atoms. The lowest BCUT2D eigenvalue weighted by atomic mass is 9.98. The summed E-state index contributed by atoms with van der Waals surface area (Å²) in [6.45, 7) is 7.36. The summed E-state index contributed by atoms with van der Waals surface area (Å²) in [6, 6.07) is 3.46. The van der Waals surface area contributed by atoms with Gasteiger partial charge in [-0.2, -0.15) is 0 Å². The quantitative estimate of drug-likeness (QED) is 0.748. The number of furan rings is 1. The van der Waals surface area contributed by atoms with Gasteiger partial charge in [0.25, 0.3) is 0 Å². The summed E-state index contributed by atoms with van der Waals surface area (Å²) in [4.78, 5) is 14.2. The normalized spacial score (nSPS) is 19.6. The predicted octanol–water partition coefficient (Wildman–Crippen LogP) is 1.73. The highest BCUT2D eigenvalue weighted by Gasteiger charge is 2.20. The SMILES string of the molecule is CC1CCN(C(C)CNC(=O)NCC(O)c2ccco2)CC1. The maximum absolute atomic E-state index is 11.8. The highest BCUT2D eigenvalue weighted by molar-refractivity contribution is 5.73. The van der Waals surface area contributed by atoms with Crippen LogP contribution < -0.4 is 10.6 Å². The van der Waals surface area contributed by atoms with Gasteiger partial charge in [0.05, 0.1) is 12.8 Å². The van der Waals surface area contributed by atoms with E-state index < -0.39 is 6.10 Å². The van der Waals surface area contributed by atoms with Crippen LogP contribution in [0.25, 0.3) is 0 Å². The van der Waals surface area contributed by atoms with Crippen molar-refractivity contribution in [3.63, 3.8) is 0 Å². The van der Waals surface area contributed by atoms with Crippen molar-refractivity contribution < 1.29 is 14.3 Å². The number of likely N-dealkylation sites (tertiary alicyclic amines) is 1. The van der Waals surface area contributed by atoms with Crippen LogP contribution in [0.2, 0.25) is 0 Å². The van der Waals surface area contributed by atoms with E-state index in [0.717, 1.165) is 19.0 Å². The molecule has 1 aromatic rings. The molecule has 2 atom stereocenters.